The Morgan fingerprint density at radius 1 is 1.13 bits per heavy atom. The maximum absolute atomic E-state index is 13.9. The molecule has 0 saturated heterocycles. The third-order valence-electron chi connectivity index (χ3n) is 6.26. The number of ether oxygens (including phenoxy) is 2. The van der Waals surface area contributed by atoms with Crippen LogP contribution in [0.4, 0.5) is 0 Å². The number of carbonyl (C=O) groups excluding carboxylic acids is 1. The summed E-state index contributed by atoms with van der Waals surface area (Å²) in [7, 11) is 0. The number of hydrogen-bond acceptors (Lipinski definition) is 6. The van der Waals surface area contributed by atoms with Gasteiger partial charge in [0.1, 0.15) is 5.75 Å². The van der Waals surface area contributed by atoms with Gasteiger partial charge in [-0.05, 0) is 87.9 Å². The molecule has 2 aromatic heterocycles. The van der Waals surface area contributed by atoms with Gasteiger partial charge in [-0.2, -0.15) is 0 Å². The van der Waals surface area contributed by atoms with Gasteiger partial charge in [0.15, 0.2) is 4.80 Å². The molecule has 0 amide bonds. The monoisotopic (exact) mass is 605 g/mol. The molecular formula is C30H28BrN3O4S. The van der Waals surface area contributed by atoms with Crippen molar-refractivity contribution in [2.24, 2.45) is 4.99 Å². The number of halogens is 1. The van der Waals surface area contributed by atoms with Gasteiger partial charge in [-0.15, -0.1) is 0 Å². The fraction of sp³-hybridized carbons (Fsp3) is 0.233. The van der Waals surface area contributed by atoms with Crippen LogP contribution in [0.1, 0.15) is 45.0 Å². The molecule has 0 spiro atoms. The van der Waals surface area contributed by atoms with Crippen LogP contribution in [0.5, 0.6) is 5.75 Å². The van der Waals surface area contributed by atoms with E-state index in [-0.39, 0.29) is 11.7 Å². The second-order valence-electron chi connectivity index (χ2n) is 9.32. The summed E-state index contributed by atoms with van der Waals surface area (Å²) in [6, 6.07) is 18.6. The van der Waals surface area contributed by atoms with Gasteiger partial charge in [-0.1, -0.05) is 39.4 Å². The Balaban J connectivity index is 1.66. The fourth-order valence-electron chi connectivity index (χ4n) is 4.57. The smallest absolute Gasteiger partial charge is 0.338 e. The number of fused-ring (bicyclic) bond motifs is 1. The molecule has 9 heteroatoms. The van der Waals surface area contributed by atoms with Crippen molar-refractivity contribution in [2.75, 3.05) is 6.61 Å². The molecule has 3 heterocycles. The summed E-state index contributed by atoms with van der Waals surface area (Å²) < 4.78 is 16.3. The van der Waals surface area contributed by atoms with Crippen LogP contribution in [0.3, 0.4) is 0 Å². The predicted molar refractivity (Wildman–Crippen MR) is 156 cm³/mol. The van der Waals surface area contributed by atoms with E-state index >= 15 is 0 Å². The van der Waals surface area contributed by atoms with Gasteiger partial charge in [0.2, 0.25) is 0 Å². The molecule has 4 aromatic rings. The van der Waals surface area contributed by atoms with Crippen molar-refractivity contribution in [1.29, 1.82) is 0 Å². The van der Waals surface area contributed by atoms with E-state index in [9.17, 15) is 9.59 Å². The van der Waals surface area contributed by atoms with E-state index in [1.165, 1.54) is 11.3 Å². The molecule has 0 saturated carbocycles. The molecule has 200 valence electrons. The first-order valence-electron chi connectivity index (χ1n) is 12.7. The van der Waals surface area contributed by atoms with E-state index in [1.807, 2.05) is 84.4 Å². The number of benzene rings is 2. The molecule has 0 unspecified atom stereocenters. The van der Waals surface area contributed by atoms with Crippen LogP contribution in [0.15, 0.2) is 92.4 Å². The Morgan fingerprint density at radius 3 is 2.51 bits per heavy atom. The zero-order valence-corrected chi connectivity index (χ0v) is 24.5. The molecule has 2 aromatic carbocycles. The Morgan fingerprint density at radius 2 is 1.85 bits per heavy atom. The number of thiazole rings is 1. The number of allylic oxidation sites excluding steroid dienone is 1. The highest BCUT2D eigenvalue weighted by Gasteiger charge is 2.33. The number of aromatic nitrogens is 2. The standard InChI is InChI=1S/C30H28BrN3O4S/c1-5-37-24-14-8-20(9-15-24)27-26(29(36)38-18(2)3)19(4)32-30-34(27)28(35)25(39-30)17-23-7-6-16-33(23)22-12-10-21(31)11-13-22/h6-18,27H,5H2,1-4H3/b25-17+/t27-/m0/s1. The lowest BCUT2D eigenvalue weighted by Crippen LogP contribution is -2.40. The largest absolute Gasteiger partial charge is 0.494 e. The van der Waals surface area contributed by atoms with Crippen molar-refractivity contribution in [3.8, 4) is 11.4 Å². The first-order chi connectivity index (χ1) is 18.8. The Labute approximate surface area is 238 Å². The van der Waals surface area contributed by atoms with Crippen LogP contribution in [0.25, 0.3) is 11.8 Å². The van der Waals surface area contributed by atoms with Crippen LogP contribution < -0.4 is 19.6 Å². The van der Waals surface area contributed by atoms with Gasteiger partial charge >= 0.3 is 5.97 Å². The number of nitrogens with zero attached hydrogens (tertiary/aromatic N) is 3. The van der Waals surface area contributed by atoms with Gasteiger partial charge < -0.3 is 14.0 Å². The summed E-state index contributed by atoms with van der Waals surface area (Å²) in [4.78, 5) is 32.5. The second kappa shape index (κ2) is 11.2. The fourth-order valence-corrected chi connectivity index (χ4v) is 5.87. The average molecular weight is 607 g/mol. The quantitative estimate of drug-likeness (QED) is 0.273. The summed E-state index contributed by atoms with van der Waals surface area (Å²) in [6.07, 6.45) is 3.51. The zero-order chi connectivity index (χ0) is 27.7. The van der Waals surface area contributed by atoms with E-state index < -0.39 is 12.0 Å². The molecule has 0 bridgehead atoms. The SMILES string of the molecule is CCOc1ccc([C@H]2C(C(=O)OC(C)C)=C(C)N=c3s/c(=C/c4cccn4-c4ccc(Br)cc4)c(=O)n32)cc1. The molecule has 0 fully saturated rings. The molecule has 1 aliphatic heterocycles. The number of esters is 1. The predicted octanol–water partition coefficient (Wildman–Crippen LogP) is 5.14. The topological polar surface area (TPSA) is 74.8 Å². The van der Waals surface area contributed by atoms with Gasteiger partial charge in [-0.25, -0.2) is 9.79 Å². The highest BCUT2D eigenvalue weighted by molar-refractivity contribution is 9.10. The van der Waals surface area contributed by atoms with E-state index in [4.69, 9.17) is 9.47 Å². The highest BCUT2D eigenvalue weighted by atomic mass is 79.9. The summed E-state index contributed by atoms with van der Waals surface area (Å²) in [6.45, 7) is 7.85. The molecule has 5 rings (SSSR count). The summed E-state index contributed by atoms with van der Waals surface area (Å²) in [5, 5.41) is 0. The van der Waals surface area contributed by atoms with Crippen molar-refractivity contribution < 1.29 is 14.3 Å². The molecule has 1 atom stereocenters. The molecule has 0 radical (unpaired) electrons. The molecule has 7 nitrogen and oxygen atoms in total. The van der Waals surface area contributed by atoms with Gasteiger partial charge in [-0.3, -0.25) is 9.36 Å². The molecule has 0 N–H and O–H groups in total. The first-order valence-corrected chi connectivity index (χ1v) is 14.3. The minimum absolute atomic E-state index is 0.219. The minimum Gasteiger partial charge on any atom is -0.494 e. The number of rotatable bonds is 7. The van der Waals surface area contributed by atoms with E-state index in [0.29, 0.717) is 27.2 Å². The van der Waals surface area contributed by atoms with Crippen LogP contribution in [-0.2, 0) is 9.53 Å². The average Bonchev–Trinajstić information content (AvgIpc) is 3.48. The highest BCUT2D eigenvalue weighted by Crippen LogP contribution is 2.32. The third-order valence-corrected chi connectivity index (χ3v) is 7.77. The Hall–Kier alpha value is -3.69. The van der Waals surface area contributed by atoms with Crippen LogP contribution >= 0.6 is 27.3 Å². The summed E-state index contributed by atoms with van der Waals surface area (Å²) in [5.74, 6) is 0.234. The van der Waals surface area contributed by atoms with Gasteiger partial charge in [0, 0.05) is 22.1 Å². The van der Waals surface area contributed by atoms with Crippen molar-refractivity contribution in [1.82, 2.24) is 9.13 Å². The first kappa shape index (κ1) is 26.9. The van der Waals surface area contributed by atoms with Crippen molar-refractivity contribution in [2.45, 2.75) is 39.8 Å². The third kappa shape index (κ3) is 5.42. The van der Waals surface area contributed by atoms with Crippen LogP contribution in [0, 0.1) is 0 Å². The van der Waals surface area contributed by atoms with Crippen molar-refractivity contribution in [3.05, 3.63) is 114 Å². The molecule has 0 aliphatic carbocycles. The molecular weight excluding hydrogens is 578 g/mol. The lowest BCUT2D eigenvalue weighted by molar-refractivity contribution is -0.143. The van der Waals surface area contributed by atoms with Gasteiger partial charge in [0.05, 0.1) is 34.6 Å². The minimum atomic E-state index is -0.677. The van der Waals surface area contributed by atoms with E-state index in [0.717, 1.165) is 27.2 Å². The van der Waals surface area contributed by atoms with Gasteiger partial charge in [0.25, 0.3) is 5.56 Å². The van der Waals surface area contributed by atoms with Crippen molar-refractivity contribution >= 4 is 39.3 Å². The summed E-state index contributed by atoms with van der Waals surface area (Å²) >= 11 is 4.78. The lowest BCUT2D eigenvalue weighted by atomic mass is 9.96. The molecule has 39 heavy (non-hydrogen) atoms. The van der Waals surface area contributed by atoms with Crippen LogP contribution in [0.2, 0.25) is 0 Å². The molecule has 1 aliphatic rings. The second-order valence-corrected chi connectivity index (χ2v) is 11.2. The normalized spacial score (nSPS) is 15.3. The van der Waals surface area contributed by atoms with Crippen LogP contribution in [-0.4, -0.2) is 27.8 Å². The maximum atomic E-state index is 13.9. The van der Waals surface area contributed by atoms with E-state index in [2.05, 4.69) is 20.9 Å². The van der Waals surface area contributed by atoms with Crippen molar-refractivity contribution in [3.63, 3.8) is 0 Å². The van der Waals surface area contributed by atoms with E-state index in [1.54, 1.807) is 25.3 Å². The zero-order valence-electron chi connectivity index (χ0n) is 22.1. The number of carbonyl (C=O) groups is 1. The maximum Gasteiger partial charge on any atom is 0.338 e. The summed E-state index contributed by atoms with van der Waals surface area (Å²) in [5.41, 5.74) is 3.27. The number of hydrogen-bond donors (Lipinski definition) is 0. The Bertz CT molecular complexity index is 1730. The Kier molecular flexibility index (Phi) is 7.72. The lowest BCUT2D eigenvalue weighted by Gasteiger charge is -2.25.